The van der Waals surface area contributed by atoms with Crippen molar-refractivity contribution >= 4 is 29.1 Å². The van der Waals surface area contributed by atoms with E-state index in [-0.39, 0.29) is 36.3 Å². The Kier molecular flexibility index (Phi) is 7.42. The summed E-state index contributed by atoms with van der Waals surface area (Å²) in [6.45, 7) is 5.20. The first-order valence-corrected chi connectivity index (χ1v) is 16.8. The number of fused-ring (bicyclic) bond motifs is 2. The highest BCUT2D eigenvalue weighted by atomic mass is 19.3. The summed E-state index contributed by atoms with van der Waals surface area (Å²) in [5.41, 5.74) is 2.59. The van der Waals surface area contributed by atoms with E-state index in [4.69, 9.17) is 0 Å². The van der Waals surface area contributed by atoms with Crippen molar-refractivity contribution in [1.29, 1.82) is 0 Å². The van der Waals surface area contributed by atoms with E-state index in [2.05, 4.69) is 35.7 Å². The van der Waals surface area contributed by atoms with E-state index in [0.29, 0.717) is 48.7 Å². The van der Waals surface area contributed by atoms with E-state index in [1.54, 1.807) is 17.8 Å². The molecule has 3 aliphatic heterocycles. The SMILES string of the molecule is C[C@@]12Cc3[nH]nc(C(=O)Nc4cnn([C@@H]5CCN(C[C@@H]6CCN(c7ccc(C8CCC(=O)NC8=O)cc7)C6)C[C@H]5F)c4)c3C[C@@H]1C2(F)F. The molecule has 254 valence electrons. The third-order valence-corrected chi connectivity index (χ3v) is 11.5. The third kappa shape index (κ3) is 5.28. The molecule has 8 rings (SSSR count). The first-order valence-electron chi connectivity index (χ1n) is 16.8. The molecule has 5 aliphatic rings. The van der Waals surface area contributed by atoms with Gasteiger partial charge in [0.2, 0.25) is 11.8 Å². The standard InChI is InChI=1S/C34H39F3N8O3/c1-33-13-26-24(12-28(33)34(33,36)37)30(42-41-26)32(48)39-21-14-38-45(17-21)27-9-10-43(18-25(27)35)15-19-8-11-44(16-19)22-4-2-20(3-5-22)23-6-7-29(46)40-31(23)47/h2-5,14,17,19,23,25,27-28H,6-13,15-16,18H2,1H3,(H,39,48)(H,41,42)(H,40,46,47)/t19-,23?,25+,27+,28-,33+/m0/s1. The van der Waals surface area contributed by atoms with Gasteiger partial charge < -0.3 is 10.2 Å². The largest absolute Gasteiger partial charge is 0.371 e. The molecule has 14 heteroatoms. The van der Waals surface area contributed by atoms with Gasteiger partial charge in [0.25, 0.3) is 11.8 Å². The molecule has 5 heterocycles. The number of carbonyl (C=O) groups excluding carboxylic acids is 3. The number of amides is 3. The molecule has 1 saturated carbocycles. The summed E-state index contributed by atoms with van der Waals surface area (Å²) >= 11 is 0. The average Bonchev–Trinajstić information content (AvgIpc) is 3.66. The number of aromatic amines is 1. The molecule has 0 spiro atoms. The molecule has 3 N–H and O–H groups in total. The van der Waals surface area contributed by atoms with Gasteiger partial charge in [-0.2, -0.15) is 10.2 Å². The lowest BCUT2D eigenvalue weighted by Gasteiger charge is -2.36. The van der Waals surface area contributed by atoms with Crippen molar-refractivity contribution in [3.63, 3.8) is 0 Å². The first-order chi connectivity index (χ1) is 23.0. The number of halogens is 3. The van der Waals surface area contributed by atoms with Crippen molar-refractivity contribution in [1.82, 2.24) is 30.2 Å². The van der Waals surface area contributed by atoms with Gasteiger partial charge >= 0.3 is 0 Å². The maximum absolute atomic E-state index is 15.5. The number of hydrogen-bond donors (Lipinski definition) is 3. The molecule has 2 aromatic heterocycles. The van der Waals surface area contributed by atoms with Gasteiger partial charge in [0, 0.05) is 80.0 Å². The molecule has 11 nitrogen and oxygen atoms in total. The number of anilines is 2. The molecule has 3 aromatic rings. The fourth-order valence-electron chi connectivity index (χ4n) is 8.50. The minimum absolute atomic E-state index is 0.109. The Hall–Kier alpha value is -4.20. The number of hydrogen-bond acceptors (Lipinski definition) is 7. The summed E-state index contributed by atoms with van der Waals surface area (Å²) < 4.78 is 45.7. The lowest BCUT2D eigenvalue weighted by Crippen LogP contribution is -2.45. The maximum atomic E-state index is 15.5. The van der Waals surface area contributed by atoms with Crippen molar-refractivity contribution in [3.8, 4) is 0 Å². The molecule has 6 atom stereocenters. The topological polar surface area (TPSA) is 128 Å². The smallest absolute Gasteiger partial charge is 0.276 e. The number of aromatic nitrogens is 4. The van der Waals surface area contributed by atoms with Gasteiger partial charge in [0.05, 0.1) is 23.8 Å². The number of benzene rings is 1. The van der Waals surface area contributed by atoms with Crippen molar-refractivity contribution in [3.05, 3.63) is 59.2 Å². The zero-order chi connectivity index (χ0) is 33.4. The molecule has 3 amide bonds. The second-order valence-electron chi connectivity index (χ2n) is 14.5. The predicted octanol–water partition coefficient (Wildman–Crippen LogP) is 3.86. The minimum Gasteiger partial charge on any atom is -0.371 e. The molecular formula is C34H39F3N8O3. The molecule has 3 saturated heterocycles. The molecule has 2 aliphatic carbocycles. The number of rotatable bonds is 7. The number of nitrogens with one attached hydrogen (secondary N) is 3. The van der Waals surface area contributed by atoms with Crippen LogP contribution in [0.25, 0.3) is 0 Å². The Balaban J connectivity index is 0.822. The number of H-pyrrole nitrogens is 1. The lowest BCUT2D eigenvalue weighted by atomic mass is 9.87. The Bertz CT molecular complexity index is 1760. The van der Waals surface area contributed by atoms with Crippen molar-refractivity contribution < 1.29 is 27.6 Å². The highest BCUT2D eigenvalue weighted by molar-refractivity contribution is 6.04. The van der Waals surface area contributed by atoms with Gasteiger partial charge in [-0.15, -0.1) is 0 Å². The molecular weight excluding hydrogens is 625 g/mol. The van der Waals surface area contributed by atoms with Crippen LogP contribution in [0.1, 0.15) is 71.9 Å². The number of alkyl halides is 3. The van der Waals surface area contributed by atoms with Crippen molar-refractivity contribution in [2.45, 2.75) is 69.5 Å². The van der Waals surface area contributed by atoms with Gasteiger partial charge in [-0.1, -0.05) is 19.1 Å². The number of piperidine rings is 2. The van der Waals surface area contributed by atoms with Gasteiger partial charge in [0.15, 0.2) is 5.69 Å². The van der Waals surface area contributed by atoms with Crippen LogP contribution in [0.4, 0.5) is 24.5 Å². The fourth-order valence-corrected chi connectivity index (χ4v) is 8.50. The molecule has 48 heavy (non-hydrogen) atoms. The number of carbonyl (C=O) groups is 3. The van der Waals surface area contributed by atoms with Crippen LogP contribution in [0, 0.1) is 17.3 Å². The summed E-state index contributed by atoms with van der Waals surface area (Å²) in [7, 11) is 0. The second kappa shape index (κ2) is 11.5. The van der Waals surface area contributed by atoms with Gasteiger partial charge in [0.1, 0.15) is 6.17 Å². The summed E-state index contributed by atoms with van der Waals surface area (Å²) in [4.78, 5) is 41.3. The normalized spacial score (nSPS) is 31.2. The highest BCUT2D eigenvalue weighted by Gasteiger charge is 2.78. The van der Waals surface area contributed by atoms with Crippen molar-refractivity contribution in [2.75, 3.05) is 42.9 Å². The van der Waals surface area contributed by atoms with E-state index in [9.17, 15) is 23.2 Å². The first kappa shape index (κ1) is 31.1. The summed E-state index contributed by atoms with van der Waals surface area (Å²) in [5, 5.41) is 16.5. The van der Waals surface area contributed by atoms with Crippen LogP contribution in [0.3, 0.4) is 0 Å². The lowest BCUT2D eigenvalue weighted by molar-refractivity contribution is -0.134. The summed E-state index contributed by atoms with van der Waals surface area (Å²) in [6.07, 6.45) is 4.71. The zero-order valence-electron chi connectivity index (χ0n) is 26.7. The molecule has 1 aromatic carbocycles. The van der Waals surface area contributed by atoms with E-state index in [1.807, 2.05) is 24.3 Å². The van der Waals surface area contributed by atoms with E-state index >= 15 is 4.39 Å². The van der Waals surface area contributed by atoms with Gasteiger partial charge in [-0.25, -0.2) is 13.2 Å². The van der Waals surface area contributed by atoms with Gasteiger partial charge in [-0.3, -0.25) is 34.4 Å². The zero-order valence-corrected chi connectivity index (χ0v) is 26.7. The summed E-state index contributed by atoms with van der Waals surface area (Å²) in [6, 6.07) is 7.57. The quantitative estimate of drug-likeness (QED) is 0.328. The molecule has 0 radical (unpaired) electrons. The Labute approximate surface area is 275 Å². The minimum atomic E-state index is -2.74. The monoisotopic (exact) mass is 664 g/mol. The van der Waals surface area contributed by atoms with Crippen LogP contribution >= 0.6 is 0 Å². The maximum Gasteiger partial charge on any atom is 0.276 e. The highest BCUT2D eigenvalue weighted by Crippen LogP contribution is 2.70. The van der Waals surface area contributed by atoms with Crippen LogP contribution in [0.5, 0.6) is 0 Å². The van der Waals surface area contributed by atoms with Crippen LogP contribution in [-0.2, 0) is 22.4 Å². The molecule has 1 unspecified atom stereocenters. The van der Waals surface area contributed by atoms with E-state index in [1.165, 1.54) is 6.20 Å². The van der Waals surface area contributed by atoms with Crippen molar-refractivity contribution in [2.24, 2.45) is 17.3 Å². The molecule has 0 bridgehead atoms. The van der Waals surface area contributed by atoms with Crippen LogP contribution in [-0.4, -0.2) is 87.4 Å². The Morgan fingerprint density at radius 1 is 1.10 bits per heavy atom. The van der Waals surface area contributed by atoms with Crippen LogP contribution in [0.15, 0.2) is 36.7 Å². The average molecular weight is 665 g/mol. The number of nitrogens with zero attached hydrogens (tertiary/aromatic N) is 5. The fraction of sp³-hybridized carbons (Fsp3) is 0.559. The Morgan fingerprint density at radius 2 is 1.92 bits per heavy atom. The number of imide groups is 1. The molecule has 4 fully saturated rings. The van der Waals surface area contributed by atoms with E-state index in [0.717, 1.165) is 43.9 Å². The van der Waals surface area contributed by atoms with Crippen LogP contribution < -0.4 is 15.5 Å². The third-order valence-electron chi connectivity index (χ3n) is 11.5. The Morgan fingerprint density at radius 3 is 2.69 bits per heavy atom. The second-order valence-corrected chi connectivity index (χ2v) is 14.5. The predicted molar refractivity (Wildman–Crippen MR) is 170 cm³/mol. The van der Waals surface area contributed by atoms with Gasteiger partial charge in [-0.05, 0) is 49.3 Å². The summed E-state index contributed by atoms with van der Waals surface area (Å²) in [5.74, 6) is -4.37. The van der Waals surface area contributed by atoms with E-state index < -0.39 is 35.4 Å². The number of likely N-dealkylation sites (tertiary alicyclic amines) is 1. The van der Waals surface area contributed by atoms with Crippen LogP contribution in [0.2, 0.25) is 0 Å².